The first-order valence-corrected chi connectivity index (χ1v) is 33.6. The summed E-state index contributed by atoms with van der Waals surface area (Å²) in [6.07, 6.45) is 0. The fraction of sp³-hybridized carbons (Fsp3) is 0.0444. The Hall–Kier alpha value is -11.3. The molecule has 0 aliphatic carbocycles. The Morgan fingerprint density at radius 3 is 1.15 bits per heavy atom. The smallest absolute Gasteiger partial charge is 0.252 e. The lowest BCUT2D eigenvalue weighted by molar-refractivity contribution is 0.590. The maximum Gasteiger partial charge on any atom is 0.252 e. The van der Waals surface area contributed by atoms with E-state index in [-0.39, 0.29) is 12.1 Å². The minimum Gasteiger partial charge on any atom is -0.310 e. The summed E-state index contributed by atoms with van der Waals surface area (Å²) in [5, 5.41) is 7.50. The van der Waals surface area contributed by atoms with E-state index in [1.807, 2.05) is 11.3 Å². The fourth-order valence-corrected chi connectivity index (χ4v) is 16.6. The number of anilines is 6. The normalized spacial score (nSPS) is 12.6. The molecule has 0 N–H and O–H groups in total. The van der Waals surface area contributed by atoms with Crippen molar-refractivity contribution in [2.45, 2.75) is 26.2 Å². The van der Waals surface area contributed by atoms with Gasteiger partial charge in [-0.25, -0.2) is 0 Å². The summed E-state index contributed by atoms with van der Waals surface area (Å²) in [7, 11) is 0. The highest BCUT2D eigenvalue weighted by molar-refractivity contribution is 7.25. The van der Waals surface area contributed by atoms with Gasteiger partial charge >= 0.3 is 0 Å². The van der Waals surface area contributed by atoms with Crippen LogP contribution < -0.4 is 26.2 Å². The highest BCUT2D eigenvalue weighted by atomic mass is 32.1. The average Bonchev–Trinajstić information content (AvgIpc) is 0.710. The van der Waals surface area contributed by atoms with Crippen molar-refractivity contribution in [3.8, 4) is 77.9 Å². The monoisotopic (exact) mass is 1210 g/mol. The first-order valence-electron chi connectivity index (χ1n) is 32.8. The van der Waals surface area contributed by atoms with E-state index < -0.39 is 0 Å². The minimum absolute atomic E-state index is 0.210. The van der Waals surface area contributed by atoms with Gasteiger partial charge in [-0.05, 0) is 147 Å². The van der Waals surface area contributed by atoms with Crippen LogP contribution in [0.25, 0.3) is 120 Å². The minimum atomic E-state index is -0.282. The van der Waals surface area contributed by atoms with Gasteiger partial charge in [-0.1, -0.05) is 306 Å². The zero-order chi connectivity index (χ0) is 62.6. The van der Waals surface area contributed by atoms with E-state index in [1.54, 1.807) is 0 Å². The van der Waals surface area contributed by atoms with Crippen molar-refractivity contribution in [1.29, 1.82) is 0 Å². The van der Waals surface area contributed by atoms with Crippen molar-refractivity contribution >= 4 is 110 Å². The van der Waals surface area contributed by atoms with Crippen LogP contribution in [0.4, 0.5) is 34.1 Å². The zero-order valence-corrected chi connectivity index (χ0v) is 53.4. The quantitative estimate of drug-likeness (QED) is 0.105. The Morgan fingerprint density at radius 2 is 0.660 bits per heavy atom. The molecule has 0 spiro atoms. The third-order valence-electron chi connectivity index (χ3n) is 19.8. The summed E-state index contributed by atoms with van der Waals surface area (Å²) in [6.45, 7) is 6.94. The molecule has 2 aliphatic heterocycles. The van der Waals surface area contributed by atoms with Crippen molar-refractivity contribution in [3.05, 3.63) is 333 Å². The number of hydrogen-bond donors (Lipinski definition) is 0. The maximum atomic E-state index is 2.71. The number of rotatable bonds is 9. The van der Waals surface area contributed by atoms with Crippen LogP contribution in [0.5, 0.6) is 0 Å². The van der Waals surface area contributed by atoms with Gasteiger partial charge in [0.1, 0.15) is 0 Å². The molecule has 94 heavy (non-hydrogen) atoms. The molecular weight excluding hydrogens is 1150 g/mol. The second-order valence-corrected chi connectivity index (χ2v) is 27.3. The van der Waals surface area contributed by atoms with Crippen molar-refractivity contribution in [2.24, 2.45) is 0 Å². The Kier molecular flexibility index (Phi) is 13.1. The molecule has 0 bridgehead atoms. The molecule has 0 amide bonds. The number of thiophene rings is 1. The molecule has 0 radical (unpaired) electrons. The Morgan fingerprint density at radius 1 is 0.266 bits per heavy atom. The first-order chi connectivity index (χ1) is 46.3. The third kappa shape index (κ3) is 9.00. The van der Waals surface area contributed by atoms with Crippen LogP contribution in [0, 0.1) is 0 Å². The summed E-state index contributed by atoms with van der Waals surface area (Å²) in [5.41, 5.74) is 28.2. The molecule has 0 saturated carbocycles. The van der Waals surface area contributed by atoms with Gasteiger partial charge in [-0.2, -0.15) is 0 Å². The van der Waals surface area contributed by atoms with Crippen LogP contribution in [-0.4, -0.2) is 6.71 Å². The Balaban J connectivity index is 1.00. The van der Waals surface area contributed by atoms with E-state index in [1.165, 1.54) is 97.2 Å². The molecule has 0 unspecified atom stereocenters. The van der Waals surface area contributed by atoms with Crippen molar-refractivity contribution in [1.82, 2.24) is 0 Å². The van der Waals surface area contributed by atoms with Gasteiger partial charge < -0.3 is 9.80 Å². The van der Waals surface area contributed by atoms with Gasteiger partial charge in [0.2, 0.25) is 0 Å². The van der Waals surface area contributed by atoms with E-state index >= 15 is 0 Å². The predicted molar refractivity (Wildman–Crippen MR) is 405 cm³/mol. The van der Waals surface area contributed by atoms with Crippen LogP contribution in [0.1, 0.15) is 26.3 Å². The summed E-state index contributed by atoms with van der Waals surface area (Å²) < 4.78 is 2.60. The lowest BCUT2D eigenvalue weighted by Gasteiger charge is -2.46. The molecule has 4 heteroatoms. The molecule has 3 heterocycles. The Labute approximate surface area is 553 Å². The lowest BCUT2D eigenvalue weighted by Crippen LogP contribution is -2.61. The maximum absolute atomic E-state index is 2.71. The SMILES string of the molecule is CC(C)(C)c1cc2c3c(c1)N(c1c(-c4ccccc4)cccc1-c1ccccc1)c1cc(-c4c5ccccc5c(-c5ccccc5)c5ccccc45)ccc1B3c1cc(-c3ccc4sc5ccccc5c4c3)ccc1N2c1c(-c2ccccc2)cccc1-c1ccccc1. The molecule has 0 fully saturated rings. The van der Waals surface area contributed by atoms with E-state index in [0.29, 0.717) is 0 Å². The van der Waals surface area contributed by atoms with Crippen LogP contribution in [0.2, 0.25) is 0 Å². The number of para-hydroxylation sites is 2. The van der Waals surface area contributed by atoms with Gasteiger partial charge in [0, 0.05) is 65.2 Å². The summed E-state index contributed by atoms with van der Waals surface area (Å²) in [5.74, 6) is 0. The van der Waals surface area contributed by atoms with Crippen LogP contribution in [-0.2, 0) is 5.41 Å². The summed E-state index contributed by atoms with van der Waals surface area (Å²) >= 11 is 1.87. The molecule has 15 aromatic carbocycles. The average molecular weight is 1220 g/mol. The van der Waals surface area contributed by atoms with Gasteiger partial charge in [0.05, 0.1) is 11.4 Å². The van der Waals surface area contributed by atoms with E-state index in [9.17, 15) is 0 Å². The molecule has 1 aromatic heterocycles. The van der Waals surface area contributed by atoms with Crippen molar-refractivity contribution in [3.63, 3.8) is 0 Å². The van der Waals surface area contributed by atoms with Gasteiger partial charge in [-0.3, -0.25) is 0 Å². The van der Waals surface area contributed by atoms with Crippen molar-refractivity contribution in [2.75, 3.05) is 9.80 Å². The number of fused-ring (bicyclic) bond motifs is 9. The number of benzene rings is 15. The third-order valence-corrected chi connectivity index (χ3v) is 20.9. The summed E-state index contributed by atoms with van der Waals surface area (Å²) in [4.78, 5) is 5.38. The molecule has 2 nitrogen and oxygen atoms in total. The number of nitrogens with zero attached hydrogens (tertiary/aromatic N) is 2. The fourth-order valence-electron chi connectivity index (χ4n) is 15.5. The molecule has 18 rings (SSSR count). The first kappa shape index (κ1) is 55.5. The second kappa shape index (κ2) is 22.2. The molecule has 442 valence electrons. The lowest BCUT2D eigenvalue weighted by atomic mass is 9.33. The predicted octanol–water partition coefficient (Wildman–Crippen LogP) is 23.4. The van der Waals surface area contributed by atoms with E-state index in [0.717, 1.165) is 78.5 Å². The zero-order valence-electron chi connectivity index (χ0n) is 52.6. The molecule has 0 atom stereocenters. The highest BCUT2D eigenvalue weighted by Crippen LogP contribution is 2.55. The van der Waals surface area contributed by atoms with Crippen LogP contribution >= 0.6 is 11.3 Å². The highest BCUT2D eigenvalue weighted by Gasteiger charge is 2.46. The van der Waals surface area contributed by atoms with Gasteiger partial charge in [0.15, 0.2) is 0 Å². The van der Waals surface area contributed by atoms with Crippen molar-refractivity contribution < 1.29 is 0 Å². The van der Waals surface area contributed by atoms with Gasteiger partial charge in [-0.15, -0.1) is 11.3 Å². The topological polar surface area (TPSA) is 6.48 Å². The summed E-state index contributed by atoms with van der Waals surface area (Å²) in [6, 6.07) is 123. The molecule has 2 aliphatic rings. The van der Waals surface area contributed by atoms with E-state index in [4.69, 9.17) is 0 Å². The van der Waals surface area contributed by atoms with E-state index in [2.05, 4.69) is 358 Å². The largest absolute Gasteiger partial charge is 0.310 e. The Bertz CT molecular complexity index is 5480. The van der Waals surface area contributed by atoms with Crippen LogP contribution in [0.3, 0.4) is 0 Å². The number of hydrogen-bond acceptors (Lipinski definition) is 3. The standard InChI is InChI=1S/C90H63BN2S/c1-90(2,3)66-56-81-87-82(57-66)93(89-69(60-31-13-6-14-32-60)44-26-45-70(89)61-33-15-7-16-34-61)80-55-65(86-74-40-21-19-38-72(74)85(62-35-17-8-18-36-62)73-39-20-22-41-75(73)86)47-50-77(80)91(87)78-54-64(63-49-52-84-76(53-63)71-37-23-24-46-83(71)94-84)48-51-79(78)92(81)88-67(58-27-9-4-10-28-58)42-25-43-68(88)59-29-11-5-12-30-59/h4-57H,1-3H3. The molecule has 0 saturated heterocycles. The van der Waals surface area contributed by atoms with Crippen LogP contribution in [0.15, 0.2) is 328 Å². The van der Waals surface area contributed by atoms with Gasteiger partial charge in [0.25, 0.3) is 6.71 Å². The second-order valence-electron chi connectivity index (χ2n) is 26.2. The molecule has 16 aromatic rings. The molecular formula is C90H63BN2S.